The lowest BCUT2D eigenvalue weighted by molar-refractivity contribution is 0.152. The quantitative estimate of drug-likeness (QED) is 0.800. The molecular weight excluding hydrogens is 208 g/mol. The van der Waals surface area contributed by atoms with Gasteiger partial charge in [-0.15, -0.1) is 0 Å². The monoisotopic (exact) mass is 224 g/mol. The maximum atomic E-state index is 5.88. The van der Waals surface area contributed by atoms with Gasteiger partial charge >= 0.3 is 0 Å². The third kappa shape index (κ3) is 2.44. The van der Waals surface area contributed by atoms with Crippen molar-refractivity contribution in [1.29, 1.82) is 0 Å². The molecule has 0 heterocycles. The molecule has 0 bridgehead atoms. The van der Waals surface area contributed by atoms with Crippen molar-refractivity contribution in [3.8, 4) is 0 Å². The highest BCUT2D eigenvalue weighted by atomic mass is 35.5. The van der Waals surface area contributed by atoms with E-state index in [2.05, 4.69) is 11.9 Å². The molecule has 0 atom stereocenters. The Bertz CT molecular complexity index is 347. The number of nitrogen functional groups attached to an aromatic ring is 1. The van der Waals surface area contributed by atoms with Crippen molar-refractivity contribution < 1.29 is 0 Å². The molecule has 3 heteroatoms. The van der Waals surface area contributed by atoms with Crippen molar-refractivity contribution in [2.24, 2.45) is 0 Å². The molecule has 1 aromatic rings. The molecule has 0 aromatic heterocycles. The van der Waals surface area contributed by atoms with Gasteiger partial charge in [-0.1, -0.05) is 24.1 Å². The highest BCUT2D eigenvalue weighted by Crippen LogP contribution is 2.26. The van der Waals surface area contributed by atoms with Crippen LogP contribution in [0.2, 0.25) is 5.02 Å². The Morgan fingerprint density at radius 2 is 2.20 bits per heavy atom. The number of halogens is 1. The van der Waals surface area contributed by atoms with Crippen LogP contribution in [0.5, 0.6) is 0 Å². The predicted molar refractivity (Wildman–Crippen MR) is 65.0 cm³/mol. The van der Waals surface area contributed by atoms with E-state index in [9.17, 15) is 0 Å². The van der Waals surface area contributed by atoms with E-state index in [1.807, 2.05) is 18.2 Å². The maximum Gasteiger partial charge on any atom is 0.0635 e. The van der Waals surface area contributed by atoms with E-state index in [0.717, 1.165) is 12.6 Å². The van der Waals surface area contributed by atoms with Gasteiger partial charge in [0.1, 0.15) is 0 Å². The van der Waals surface area contributed by atoms with E-state index < -0.39 is 0 Å². The van der Waals surface area contributed by atoms with Crippen LogP contribution in [-0.4, -0.2) is 18.0 Å². The molecule has 0 amide bonds. The fraction of sp³-hybridized carbons (Fsp3) is 0.500. The van der Waals surface area contributed by atoms with Gasteiger partial charge < -0.3 is 5.73 Å². The molecule has 0 saturated heterocycles. The summed E-state index contributed by atoms with van der Waals surface area (Å²) in [5.41, 5.74) is 7.69. The number of nitrogens with zero attached hydrogens (tertiary/aromatic N) is 1. The van der Waals surface area contributed by atoms with Crippen LogP contribution < -0.4 is 5.73 Å². The third-order valence-corrected chi connectivity index (χ3v) is 3.53. The average Bonchev–Trinajstić information content (AvgIpc) is 2.08. The Morgan fingerprint density at radius 3 is 2.73 bits per heavy atom. The topological polar surface area (TPSA) is 29.3 Å². The molecule has 0 aliphatic heterocycles. The van der Waals surface area contributed by atoms with Crippen molar-refractivity contribution in [3.05, 3.63) is 28.8 Å². The summed E-state index contributed by atoms with van der Waals surface area (Å²) in [5.74, 6) is 0. The van der Waals surface area contributed by atoms with Gasteiger partial charge in [0.05, 0.1) is 10.7 Å². The lowest BCUT2D eigenvalue weighted by Crippen LogP contribution is -2.36. The van der Waals surface area contributed by atoms with Crippen molar-refractivity contribution in [1.82, 2.24) is 4.90 Å². The van der Waals surface area contributed by atoms with E-state index in [1.54, 1.807) is 0 Å². The molecule has 1 fully saturated rings. The van der Waals surface area contributed by atoms with Crippen molar-refractivity contribution >= 4 is 17.3 Å². The molecule has 1 aliphatic carbocycles. The predicted octanol–water partition coefficient (Wildman–Crippen LogP) is 2.91. The minimum atomic E-state index is 0.644. The molecule has 1 aliphatic rings. The third-order valence-electron chi connectivity index (χ3n) is 3.19. The van der Waals surface area contributed by atoms with Crippen LogP contribution in [0.3, 0.4) is 0 Å². The first-order chi connectivity index (χ1) is 7.16. The van der Waals surface area contributed by atoms with Crippen LogP contribution in [-0.2, 0) is 6.54 Å². The molecule has 2 nitrogen and oxygen atoms in total. The molecule has 1 saturated carbocycles. The van der Waals surface area contributed by atoms with Crippen molar-refractivity contribution in [2.75, 3.05) is 12.8 Å². The Hall–Kier alpha value is -0.730. The first-order valence-electron chi connectivity index (χ1n) is 5.41. The SMILES string of the molecule is CN(Cc1ccc(Cl)c(N)c1)C1CCC1. The van der Waals surface area contributed by atoms with Crippen LogP contribution in [0.1, 0.15) is 24.8 Å². The van der Waals surface area contributed by atoms with Gasteiger partial charge in [-0.05, 0) is 37.6 Å². The summed E-state index contributed by atoms with van der Waals surface area (Å²) < 4.78 is 0. The van der Waals surface area contributed by atoms with E-state index in [0.29, 0.717) is 10.7 Å². The minimum absolute atomic E-state index is 0.644. The van der Waals surface area contributed by atoms with Gasteiger partial charge in [0.15, 0.2) is 0 Å². The standard InChI is InChI=1S/C12H17ClN2/c1-15(10-3-2-4-10)8-9-5-6-11(13)12(14)7-9/h5-7,10H,2-4,8,14H2,1H3. The number of nitrogens with two attached hydrogens (primary N) is 1. The van der Waals surface area contributed by atoms with E-state index >= 15 is 0 Å². The molecule has 0 spiro atoms. The van der Waals surface area contributed by atoms with Gasteiger partial charge in [0.2, 0.25) is 0 Å². The van der Waals surface area contributed by atoms with Gasteiger partial charge in [-0.2, -0.15) is 0 Å². The first kappa shape index (κ1) is 10.8. The number of benzene rings is 1. The molecule has 1 aromatic carbocycles. The molecule has 0 unspecified atom stereocenters. The second kappa shape index (κ2) is 4.42. The fourth-order valence-corrected chi connectivity index (χ4v) is 2.05. The molecule has 15 heavy (non-hydrogen) atoms. The van der Waals surface area contributed by atoms with Crippen LogP contribution in [0.4, 0.5) is 5.69 Å². The molecule has 82 valence electrons. The zero-order valence-electron chi connectivity index (χ0n) is 9.04. The molecule has 0 radical (unpaired) electrons. The lowest BCUT2D eigenvalue weighted by atomic mass is 9.91. The Kier molecular flexibility index (Phi) is 3.17. The first-order valence-corrected chi connectivity index (χ1v) is 5.79. The van der Waals surface area contributed by atoms with Crippen LogP contribution in [0.25, 0.3) is 0 Å². The van der Waals surface area contributed by atoms with E-state index in [1.165, 1.54) is 24.8 Å². The largest absolute Gasteiger partial charge is 0.398 e. The normalized spacial score (nSPS) is 16.7. The average molecular weight is 225 g/mol. The number of hydrogen-bond acceptors (Lipinski definition) is 2. The smallest absolute Gasteiger partial charge is 0.0635 e. The van der Waals surface area contributed by atoms with Crippen LogP contribution >= 0.6 is 11.6 Å². The summed E-state index contributed by atoms with van der Waals surface area (Å²) in [5, 5.41) is 0.644. The van der Waals surface area contributed by atoms with Crippen molar-refractivity contribution in [2.45, 2.75) is 31.8 Å². The highest BCUT2D eigenvalue weighted by molar-refractivity contribution is 6.33. The van der Waals surface area contributed by atoms with E-state index in [-0.39, 0.29) is 0 Å². The Balaban J connectivity index is 2.00. The number of rotatable bonds is 3. The van der Waals surface area contributed by atoms with Gasteiger partial charge in [0.25, 0.3) is 0 Å². The van der Waals surface area contributed by atoms with Crippen LogP contribution in [0.15, 0.2) is 18.2 Å². The zero-order valence-corrected chi connectivity index (χ0v) is 9.80. The summed E-state index contributed by atoms with van der Waals surface area (Å²) in [6.45, 7) is 0.964. The summed E-state index contributed by atoms with van der Waals surface area (Å²) in [6.07, 6.45) is 4.04. The zero-order chi connectivity index (χ0) is 10.8. The second-order valence-corrected chi connectivity index (χ2v) is 4.76. The fourth-order valence-electron chi connectivity index (χ4n) is 1.94. The Morgan fingerprint density at radius 1 is 1.47 bits per heavy atom. The second-order valence-electron chi connectivity index (χ2n) is 4.36. The number of anilines is 1. The minimum Gasteiger partial charge on any atom is -0.398 e. The summed E-state index contributed by atoms with van der Waals surface area (Å²) >= 11 is 5.88. The Labute approximate surface area is 96.0 Å². The highest BCUT2D eigenvalue weighted by Gasteiger charge is 2.21. The van der Waals surface area contributed by atoms with Gasteiger partial charge in [0, 0.05) is 12.6 Å². The summed E-state index contributed by atoms with van der Waals surface area (Å²) in [4.78, 5) is 2.40. The molecule has 2 rings (SSSR count). The maximum absolute atomic E-state index is 5.88. The van der Waals surface area contributed by atoms with E-state index in [4.69, 9.17) is 17.3 Å². The van der Waals surface area contributed by atoms with Crippen molar-refractivity contribution in [3.63, 3.8) is 0 Å². The van der Waals surface area contributed by atoms with Crippen LogP contribution in [0, 0.1) is 0 Å². The lowest BCUT2D eigenvalue weighted by Gasteiger charge is -2.34. The summed E-state index contributed by atoms with van der Waals surface area (Å²) in [6, 6.07) is 6.66. The number of hydrogen-bond donors (Lipinski definition) is 1. The molecule has 2 N–H and O–H groups in total. The van der Waals surface area contributed by atoms with Gasteiger partial charge in [-0.25, -0.2) is 0 Å². The van der Waals surface area contributed by atoms with Gasteiger partial charge in [-0.3, -0.25) is 4.90 Å². The molecular formula is C12H17ClN2. The summed E-state index contributed by atoms with van der Waals surface area (Å²) in [7, 11) is 2.18.